The van der Waals surface area contributed by atoms with Crippen LogP contribution < -0.4 is 5.32 Å². The van der Waals surface area contributed by atoms with Crippen LogP contribution in [0.5, 0.6) is 0 Å². The first kappa shape index (κ1) is 10.2. The minimum atomic E-state index is 0.706. The van der Waals surface area contributed by atoms with Gasteiger partial charge in [0, 0.05) is 38.1 Å². The van der Waals surface area contributed by atoms with Crippen LogP contribution >= 0.6 is 0 Å². The van der Waals surface area contributed by atoms with Crippen LogP contribution in [0.1, 0.15) is 18.7 Å². The second-order valence-corrected chi connectivity index (χ2v) is 4.74. The molecule has 1 aromatic heterocycles. The van der Waals surface area contributed by atoms with E-state index in [0.717, 1.165) is 37.9 Å². The van der Waals surface area contributed by atoms with Crippen molar-refractivity contribution in [3.8, 4) is 0 Å². The normalized spacial score (nSPS) is 26.9. The van der Waals surface area contributed by atoms with Crippen molar-refractivity contribution in [2.45, 2.75) is 25.4 Å². The minimum Gasteiger partial charge on any atom is -0.314 e. The highest BCUT2D eigenvalue weighted by Crippen LogP contribution is 2.36. The molecule has 1 unspecified atom stereocenters. The molecule has 1 saturated heterocycles. The average molecular weight is 218 g/mol. The number of nitrogens with one attached hydrogen (secondary N) is 1. The summed E-state index contributed by atoms with van der Waals surface area (Å²) < 4.78 is 0. The van der Waals surface area contributed by atoms with Crippen LogP contribution in [0.3, 0.4) is 0 Å². The lowest BCUT2D eigenvalue weighted by molar-refractivity contribution is 0.132. The summed E-state index contributed by atoms with van der Waals surface area (Å²) in [6.07, 6.45) is 6.46. The van der Waals surface area contributed by atoms with Crippen molar-refractivity contribution in [3.05, 3.63) is 24.3 Å². The van der Waals surface area contributed by atoms with Gasteiger partial charge in [0.1, 0.15) is 5.82 Å². The maximum atomic E-state index is 4.31. The van der Waals surface area contributed by atoms with E-state index in [0.29, 0.717) is 6.04 Å². The van der Waals surface area contributed by atoms with Crippen LogP contribution in [0.4, 0.5) is 0 Å². The summed E-state index contributed by atoms with van der Waals surface area (Å²) >= 11 is 0. The number of rotatable bonds is 3. The molecule has 86 valence electrons. The van der Waals surface area contributed by atoms with E-state index in [9.17, 15) is 0 Å². The Labute approximate surface area is 96.1 Å². The summed E-state index contributed by atoms with van der Waals surface area (Å²) in [6.45, 7) is 4.26. The zero-order chi connectivity index (χ0) is 10.8. The van der Waals surface area contributed by atoms with E-state index in [1.807, 2.05) is 18.5 Å². The summed E-state index contributed by atoms with van der Waals surface area (Å²) in [5, 5.41) is 3.49. The first-order valence-electron chi connectivity index (χ1n) is 6.14. The van der Waals surface area contributed by atoms with E-state index in [2.05, 4.69) is 20.2 Å². The monoisotopic (exact) mass is 218 g/mol. The molecule has 1 saturated carbocycles. The summed E-state index contributed by atoms with van der Waals surface area (Å²) in [5.74, 6) is 1.87. The van der Waals surface area contributed by atoms with E-state index < -0.39 is 0 Å². The summed E-state index contributed by atoms with van der Waals surface area (Å²) in [7, 11) is 0. The summed E-state index contributed by atoms with van der Waals surface area (Å²) in [4.78, 5) is 11.2. The fourth-order valence-corrected chi connectivity index (χ4v) is 2.50. The maximum absolute atomic E-state index is 4.31. The van der Waals surface area contributed by atoms with Gasteiger partial charge in [-0.05, 0) is 24.8 Å². The van der Waals surface area contributed by atoms with Gasteiger partial charge in [-0.1, -0.05) is 0 Å². The molecule has 1 aliphatic carbocycles. The van der Waals surface area contributed by atoms with Crippen molar-refractivity contribution >= 4 is 0 Å². The molecule has 2 aliphatic rings. The Balaban J connectivity index is 1.67. The van der Waals surface area contributed by atoms with Crippen LogP contribution in [0.2, 0.25) is 0 Å². The summed E-state index contributed by atoms with van der Waals surface area (Å²) in [6, 6.07) is 2.58. The van der Waals surface area contributed by atoms with Gasteiger partial charge in [0.2, 0.25) is 0 Å². The Kier molecular flexibility index (Phi) is 2.84. The van der Waals surface area contributed by atoms with Gasteiger partial charge < -0.3 is 5.32 Å². The lowest BCUT2D eigenvalue weighted by Crippen LogP contribution is -2.51. The van der Waals surface area contributed by atoms with Crippen molar-refractivity contribution in [1.29, 1.82) is 0 Å². The molecule has 3 rings (SSSR count). The number of hydrogen-bond acceptors (Lipinski definition) is 4. The van der Waals surface area contributed by atoms with E-state index in [1.165, 1.54) is 12.8 Å². The number of hydrogen-bond donors (Lipinski definition) is 1. The highest BCUT2D eigenvalue weighted by atomic mass is 15.2. The first-order valence-corrected chi connectivity index (χ1v) is 6.14. The Hall–Kier alpha value is -1.00. The number of piperazine rings is 1. The second-order valence-electron chi connectivity index (χ2n) is 4.74. The molecule has 0 bridgehead atoms. The summed E-state index contributed by atoms with van der Waals surface area (Å²) in [5.41, 5.74) is 0. The van der Waals surface area contributed by atoms with Gasteiger partial charge in [0.15, 0.2) is 0 Å². The van der Waals surface area contributed by atoms with Gasteiger partial charge in [-0.15, -0.1) is 0 Å². The molecule has 0 amide bonds. The molecular weight excluding hydrogens is 200 g/mol. The Morgan fingerprint density at radius 2 is 2.12 bits per heavy atom. The predicted octanol–water partition coefficient (Wildman–Crippen LogP) is 0.660. The standard InChI is InChI=1S/C12H18N4/c1-4-14-12(15-5-1)9-16-7-6-13-8-11(16)10-2-3-10/h1,4-5,10-11,13H,2-3,6-9H2. The van der Waals surface area contributed by atoms with Gasteiger partial charge in [-0.3, -0.25) is 4.90 Å². The lowest BCUT2D eigenvalue weighted by Gasteiger charge is -2.35. The van der Waals surface area contributed by atoms with Crippen LogP contribution in [0.15, 0.2) is 18.5 Å². The van der Waals surface area contributed by atoms with Crippen molar-refractivity contribution in [3.63, 3.8) is 0 Å². The SMILES string of the molecule is c1cnc(CN2CCNCC2C2CC2)nc1. The number of nitrogens with zero attached hydrogens (tertiary/aromatic N) is 3. The van der Waals surface area contributed by atoms with Crippen LogP contribution in [-0.2, 0) is 6.54 Å². The molecule has 1 N–H and O–H groups in total. The van der Waals surface area contributed by atoms with E-state index in [4.69, 9.17) is 0 Å². The highest BCUT2D eigenvalue weighted by Gasteiger charge is 2.36. The van der Waals surface area contributed by atoms with E-state index in [1.54, 1.807) is 0 Å². The smallest absolute Gasteiger partial charge is 0.142 e. The topological polar surface area (TPSA) is 41.1 Å². The van der Waals surface area contributed by atoms with Gasteiger partial charge in [-0.25, -0.2) is 9.97 Å². The quantitative estimate of drug-likeness (QED) is 0.809. The molecule has 4 heteroatoms. The molecule has 0 spiro atoms. The van der Waals surface area contributed by atoms with Gasteiger partial charge >= 0.3 is 0 Å². The van der Waals surface area contributed by atoms with Crippen LogP contribution in [-0.4, -0.2) is 40.5 Å². The third-order valence-corrected chi connectivity index (χ3v) is 3.53. The molecule has 2 fully saturated rings. The number of aromatic nitrogens is 2. The third kappa shape index (κ3) is 2.23. The van der Waals surface area contributed by atoms with E-state index in [-0.39, 0.29) is 0 Å². The minimum absolute atomic E-state index is 0.706. The van der Waals surface area contributed by atoms with Crippen molar-refractivity contribution < 1.29 is 0 Å². The fourth-order valence-electron chi connectivity index (χ4n) is 2.50. The molecule has 16 heavy (non-hydrogen) atoms. The maximum Gasteiger partial charge on any atom is 0.142 e. The zero-order valence-electron chi connectivity index (χ0n) is 9.47. The fraction of sp³-hybridized carbons (Fsp3) is 0.667. The van der Waals surface area contributed by atoms with Crippen LogP contribution in [0, 0.1) is 5.92 Å². The third-order valence-electron chi connectivity index (χ3n) is 3.53. The van der Waals surface area contributed by atoms with E-state index >= 15 is 0 Å². The molecule has 0 radical (unpaired) electrons. The molecule has 1 aliphatic heterocycles. The lowest BCUT2D eigenvalue weighted by atomic mass is 10.1. The van der Waals surface area contributed by atoms with Gasteiger partial charge in [0.25, 0.3) is 0 Å². The molecule has 2 heterocycles. The van der Waals surface area contributed by atoms with Crippen molar-refractivity contribution in [1.82, 2.24) is 20.2 Å². The molecular formula is C12H18N4. The second kappa shape index (κ2) is 4.47. The zero-order valence-corrected chi connectivity index (χ0v) is 9.47. The molecule has 1 aromatic rings. The molecule has 1 atom stereocenters. The average Bonchev–Trinajstić information content (AvgIpc) is 3.15. The van der Waals surface area contributed by atoms with Gasteiger partial charge in [-0.2, -0.15) is 0 Å². The first-order chi connectivity index (χ1) is 7.93. The Morgan fingerprint density at radius 1 is 1.31 bits per heavy atom. The Morgan fingerprint density at radius 3 is 2.88 bits per heavy atom. The molecule has 0 aromatic carbocycles. The largest absolute Gasteiger partial charge is 0.314 e. The predicted molar refractivity (Wildman–Crippen MR) is 61.8 cm³/mol. The van der Waals surface area contributed by atoms with Crippen molar-refractivity contribution in [2.24, 2.45) is 5.92 Å². The van der Waals surface area contributed by atoms with Gasteiger partial charge in [0.05, 0.1) is 6.54 Å². The van der Waals surface area contributed by atoms with Crippen molar-refractivity contribution in [2.75, 3.05) is 19.6 Å². The molecule has 4 nitrogen and oxygen atoms in total. The highest BCUT2D eigenvalue weighted by molar-refractivity contribution is 4.95. The van der Waals surface area contributed by atoms with Crippen LogP contribution in [0.25, 0.3) is 0 Å². The Bertz CT molecular complexity index is 336.